The van der Waals surface area contributed by atoms with Crippen LogP contribution in [-0.2, 0) is 6.54 Å². The number of rotatable bonds is 9. The number of anilines is 1. The number of hydrogen-bond donors (Lipinski definition) is 1. The van der Waals surface area contributed by atoms with Crippen molar-refractivity contribution >= 4 is 5.69 Å². The van der Waals surface area contributed by atoms with E-state index < -0.39 is 10.9 Å². The molecule has 0 atom stereocenters. The molecule has 0 aromatic heterocycles. The van der Waals surface area contributed by atoms with E-state index in [9.17, 15) is 9.59 Å². The Morgan fingerprint density at radius 1 is 0.885 bits per heavy atom. The van der Waals surface area contributed by atoms with Gasteiger partial charge in [-0.2, -0.15) is 0 Å². The molecule has 26 heavy (non-hydrogen) atoms. The van der Waals surface area contributed by atoms with E-state index in [2.05, 4.69) is 41.4 Å². The smallest absolute Gasteiger partial charge is 0.250 e. The Labute approximate surface area is 153 Å². The van der Waals surface area contributed by atoms with Gasteiger partial charge in [-0.1, -0.05) is 67.6 Å². The van der Waals surface area contributed by atoms with Crippen LogP contribution in [0.1, 0.15) is 18.9 Å². The Kier molecular flexibility index (Phi) is 5.97. The van der Waals surface area contributed by atoms with Crippen LogP contribution in [0.4, 0.5) is 5.69 Å². The van der Waals surface area contributed by atoms with Crippen LogP contribution in [0.15, 0.2) is 70.3 Å². The standard InChI is InChI=1S/C22H24N2O2/c1-2-24(16-17-10-5-3-6-11-17)15-9-14-23-20-19(21(25)22(20)26)18-12-7-4-8-13-18/h3-8,10-13,23H,2,9,14-16H2,1H3. The number of nitrogens with one attached hydrogen (secondary N) is 1. The van der Waals surface area contributed by atoms with E-state index >= 15 is 0 Å². The molecule has 3 aromatic rings. The van der Waals surface area contributed by atoms with Crippen LogP contribution in [0, 0.1) is 0 Å². The number of nitrogens with zero attached hydrogens (tertiary/aromatic N) is 1. The molecule has 134 valence electrons. The average molecular weight is 348 g/mol. The zero-order valence-corrected chi connectivity index (χ0v) is 15.1. The molecule has 0 amide bonds. The fraction of sp³-hybridized carbons (Fsp3) is 0.273. The highest BCUT2D eigenvalue weighted by atomic mass is 16.2. The Hall–Kier alpha value is -2.72. The van der Waals surface area contributed by atoms with Gasteiger partial charge >= 0.3 is 0 Å². The van der Waals surface area contributed by atoms with Gasteiger partial charge in [0.1, 0.15) is 0 Å². The lowest BCUT2D eigenvalue weighted by molar-refractivity contribution is 0.279. The summed E-state index contributed by atoms with van der Waals surface area (Å²) in [7, 11) is 0. The van der Waals surface area contributed by atoms with Crippen LogP contribution in [0.3, 0.4) is 0 Å². The highest BCUT2D eigenvalue weighted by molar-refractivity contribution is 5.81. The molecule has 0 radical (unpaired) electrons. The van der Waals surface area contributed by atoms with Gasteiger partial charge in [0.2, 0.25) is 10.9 Å². The third kappa shape index (κ3) is 4.09. The van der Waals surface area contributed by atoms with Gasteiger partial charge in [0, 0.05) is 19.6 Å². The molecule has 0 unspecified atom stereocenters. The van der Waals surface area contributed by atoms with Gasteiger partial charge in [-0.25, -0.2) is 0 Å². The third-order valence-electron chi connectivity index (χ3n) is 4.62. The maximum atomic E-state index is 11.9. The molecular weight excluding hydrogens is 324 g/mol. The van der Waals surface area contributed by atoms with E-state index in [4.69, 9.17) is 0 Å². The molecular formula is C22H24N2O2. The first-order chi connectivity index (χ1) is 12.7. The van der Waals surface area contributed by atoms with Crippen molar-refractivity contribution in [3.8, 4) is 11.1 Å². The van der Waals surface area contributed by atoms with Crippen LogP contribution >= 0.6 is 0 Å². The monoisotopic (exact) mass is 348 g/mol. The first-order valence-corrected chi connectivity index (χ1v) is 9.09. The highest BCUT2D eigenvalue weighted by Gasteiger charge is 2.21. The van der Waals surface area contributed by atoms with Crippen LogP contribution < -0.4 is 16.2 Å². The molecule has 0 bridgehead atoms. The molecule has 1 N–H and O–H groups in total. The first kappa shape index (κ1) is 18.1. The van der Waals surface area contributed by atoms with Crippen molar-refractivity contribution in [1.82, 2.24) is 4.90 Å². The fourth-order valence-corrected chi connectivity index (χ4v) is 3.15. The highest BCUT2D eigenvalue weighted by Crippen LogP contribution is 2.22. The minimum Gasteiger partial charge on any atom is -0.381 e. The summed E-state index contributed by atoms with van der Waals surface area (Å²) in [6.45, 7) is 5.67. The molecule has 0 fully saturated rings. The largest absolute Gasteiger partial charge is 0.381 e. The maximum absolute atomic E-state index is 11.9. The third-order valence-corrected chi connectivity index (χ3v) is 4.62. The molecule has 3 aromatic carbocycles. The molecule has 0 aliphatic heterocycles. The van der Waals surface area contributed by atoms with E-state index in [-0.39, 0.29) is 0 Å². The van der Waals surface area contributed by atoms with E-state index in [1.54, 1.807) is 0 Å². The summed E-state index contributed by atoms with van der Waals surface area (Å²) < 4.78 is 0. The molecule has 4 heteroatoms. The molecule has 0 aliphatic rings. The van der Waals surface area contributed by atoms with Crippen molar-refractivity contribution in [2.75, 3.05) is 25.0 Å². The van der Waals surface area contributed by atoms with E-state index in [1.807, 2.05) is 36.4 Å². The molecule has 3 rings (SSSR count). The predicted molar refractivity (Wildman–Crippen MR) is 107 cm³/mol. The number of benzene rings is 2. The van der Waals surface area contributed by atoms with Crippen molar-refractivity contribution in [2.45, 2.75) is 19.9 Å². The molecule has 0 heterocycles. The van der Waals surface area contributed by atoms with Gasteiger partial charge in [-0.3, -0.25) is 14.5 Å². The van der Waals surface area contributed by atoms with Gasteiger partial charge in [0.25, 0.3) is 0 Å². The van der Waals surface area contributed by atoms with Crippen LogP contribution in [0.5, 0.6) is 0 Å². The Morgan fingerprint density at radius 3 is 2.19 bits per heavy atom. The van der Waals surface area contributed by atoms with Crippen LogP contribution in [0.2, 0.25) is 0 Å². The Morgan fingerprint density at radius 2 is 1.54 bits per heavy atom. The van der Waals surface area contributed by atoms with Crippen LogP contribution in [0.25, 0.3) is 11.1 Å². The summed E-state index contributed by atoms with van der Waals surface area (Å²) in [5, 5.41) is 3.17. The average Bonchev–Trinajstić information content (AvgIpc) is 2.70. The first-order valence-electron chi connectivity index (χ1n) is 9.09. The summed E-state index contributed by atoms with van der Waals surface area (Å²) in [5.41, 5.74) is 2.30. The zero-order valence-electron chi connectivity index (χ0n) is 15.1. The second-order valence-corrected chi connectivity index (χ2v) is 6.41. The minimum atomic E-state index is -0.402. The minimum absolute atomic E-state index is 0.391. The second-order valence-electron chi connectivity index (χ2n) is 6.41. The van der Waals surface area contributed by atoms with Crippen LogP contribution in [-0.4, -0.2) is 24.5 Å². The summed E-state index contributed by atoms with van der Waals surface area (Å²) in [6, 6.07) is 19.8. The molecule has 0 aliphatic carbocycles. The summed E-state index contributed by atoms with van der Waals surface area (Å²) in [5.74, 6) is 0. The number of hydrogen-bond acceptors (Lipinski definition) is 4. The van der Waals surface area contributed by atoms with Crippen molar-refractivity contribution in [3.05, 3.63) is 86.7 Å². The lowest BCUT2D eigenvalue weighted by atomic mass is 9.98. The van der Waals surface area contributed by atoms with E-state index in [1.165, 1.54) is 5.56 Å². The van der Waals surface area contributed by atoms with Gasteiger partial charge in [0.15, 0.2) is 0 Å². The van der Waals surface area contributed by atoms with Crippen molar-refractivity contribution in [3.63, 3.8) is 0 Å². The van der Waals surface area contributed by atoms with Crippen molar-refractivity contribution < 1.29 is 0 Å². The zero-order chi connectivity index (χ0) is 18.4. The summed E-state index contributed by atoms with van der Waals surface area (Å²) >= 11 is 0. The topological polar surface area (TPSA) is 49.4 Å². The van der Waals surface area contributed by atoms with Gasteiger partial charge in [-0.15, -0.1) is 0 Å². The Balaban J connectivity index is 1.53. The summed E-state index contributed by atoms with van der Waals surface area (Å²) in [6.07, 6.45) is 0.910. The lowest BCUT2D eigenvalue weighted by Crippen LogP contribution is -2.36. The molecule has 0 spiro atoms. The van der Waals surface area contributed by atoms with E-state index in [0.717, 1.165) is 31.6 Å². The van der Waals surface area contributed by atoms with E-state index in [0.29, 0.717) is 17.8 Å². The molecule has 4 nitrogen and oxygen atoms in total. The normalized spacial score (nSPS) is 11.2. The van der Waals surface area contributed by atoms with Gasteiger partial charge in [0.05, 0.1) is 11.3 Å². The predicted octanol–water partition coefficient (Wildman–Crippen LogP) is 3.27. The lowest BCUT2D eigenvalue weighted by Gasteiger charge is -2.21. The molecule has 0 saturated carbocycles. The fourth-order valence-electron chi connectivity index (χ4n) is 3.15. The molecule has 0 saturated heterocycles. The van der Waals surface area contributed by atoms with Gasteiger partial charge in [-0.05, 0) is 24.1 Å². The van der Waals surface area contributed by atoms with Crippen molar-refractivity contribution in [1.29, 1.82) is 0 Å². The summed E-state index contributed by atoms with van der Waals surface area (Å²) in [4.78, 5) is 26.2. The second kappa shape index (κ2) is 8.59. The van der Waals surface area contributed by atoms with Crippen molar-refractivity contribution in [2.24, 2.45) is 0 Å². The van der Waals surface area contributed by atoms with Gasteiger partial charge < -0.3 is 5.32 Å². The SMILES string of the molecule is CCN(CCCNc1c(-c2ccccc2)c(=O)c1=O)Cc1ccccc1. The Bertz CT molecular complexity index is 897. The quantitative estimate of drug-likeness (QED) is 0.476. The maximum Gasteiger partial charge on any atom is 0.250 e.